The molecule has 2 nitrogen and oxygen atoms in total. The van der Waals surface area contributed by atoms with Crippen molar-refractivity contribution >= 4 is 0 Å². The maximum absolute atomic E-state index is 3.51. The Balaban J connectivity index is 1.91. The van der Waals surface area contributed by atoms with Crippen molar-refractivity contribution in [3.8, 4) is 0 Å². The molecule has 1 heterocycles. The minimum Gasteiger partial charge on any atom is -0.314 e. The van der Waals surface area contributed by atoms with Crippen LogP contribution in [-0.4, -0.2) is 31.1 Å². The molecule has 1 aliphatic heterocycles. The number of piperazine rings is 1. The summed E-state index contributed by atoms with van der Waals surface area (Å²) >= 11 is 0. The summed E-state index contributed by atoms with van der Waals surface area (Å²) in [6.45, 7) is 9.28. The molecule has 2 heteroatoms. The molecule has 1 aliphatic carbocycles. The van der Waals surface area contributed by atoms with Gasteiger partial charge in [-0.3, -0.25) is 4.90 Å². The molecule has 2 fully saturated rings. The first-order chi connectivity index (χ1) is 10.3. The molecule has 0 amide bonds. The molecule has 1 saturated heterocycles. The van der Waals surface area contributed by atoms with Crippen LogP contribution >= 0.6 is 0 Å². The van der Waals surface area contributed by atoms with Crippen molar-refractivity contribution < 1.29 is 0 Å². The first-order valence-electron chi connectivity index (χ1n) is 8.78. The number of hydrogen-bond acceptors (Lipinski definition) is 2. The van der Waals surface area contributed by atoms with Gasteiger partial charge in [0.15, 0.2) is 0 Å². The van der Waals surface area contributed by atoms with Crippen LogP contribution in [-0.2, 0) is 0 Å². The molecule has 0 bridgehead atoms. The standard InChI is InChI=1S/C19H30N2/c1-15-7-6-10-18(16(15)2)19(17-8-4-3-5-9-17)21-13-11-20-12-14-21/h6-7,10,17,19-20H,3-5,8-9,11-14H2,1-2H3/t19-/m0/s1. The molecular formula is C19H30N2. The van der Waals surface area contributed by atoms with E-state index in [9.17, 15) is 0 Å². The average molecular weight is 286 g/mol. The molecule has 1 aromatic rings. The predicted molar refractivity (Wildman–Crippen MR) is 89.7 cm³/mol. The lowest BCUT2D eigenvalue weighted by molar-refractivity contribution is 0.103. The van der Waals surface area contributed by atoms with Gasteiger partial charge < -0.3 is 5.32 Å². The minimum absolute atomic E-state index is 0.646. The van der Waals surface area contributed by atoms with Crippen LogP contribution in [0, 0.1) is 19.8 Å². The first-order valence-corrected chi connectivity index (χ1v) is 8.78. The summed E-state index contributed by atoms with van der Waals surface area (Å²) in [5.74, 6) is 0.859. The molecule has 3 rings (SSSR count). The number of benzene rings is 1. The van der Waals surface area contributed by atoms with Gasteiger partial charge in [-0.05, 0) is 49.3 Å². The maximum Gasteiger partial charge on any atom is 0.0380 e. The highest BCUT2D eigenvalue weighted by molar-refractivity contribution is 5.36. The highest BCUT2D eigenvalue weighted by atomic mass is 15.2. The van der Waals surface area contributed by atoms with Gasteiger partial charge in [0.05, 0.1) is 0 Å². The molecule has 0 aromatic heterocycles. The third-order valence-corrected chi connectivity index (χ3v) is 5.61. The van der Waals surface area contributed by atoms with Crippen LogP contribution in [0.25, 0.3) is 0 Å². The Morgan fingerprint density at radius 1 is 1.05 bits per heavy atom. The number of aryl methyl sites for hydroxylation is 1. The van der Waals surface area contributed by atoms with Crippen molar-refractivity contribution in [2.45, 2.75) is 52.0 Å². The summed E-state index contributed by atoms with van der Waals surface area (Å²) in [7, 11) is 0. The Morgan fingerprint density at radius 2 is 1.76 bits per heavy atom. The highest BCUT2D eigenvalue weighted by Gasteiger charge is 2.31. The van der Waals surface area contributed by atoms with Crippen LogP contribution in [0.4, 0.5) is 0 Å². The molecule has 0 unspecified atom stereocenters. The normalized spacial score (nSPS) is 23.1. The van der Waals surface area contributed by atoms with E-state index < -0.39 is 0 Å². The zero-order valence-corrected chi connectivity index (χ0v) is 13.7. The monoisotopic (exact) mass is 286 g/mol. The van der Waals surface area contributed by atoms with E-state index in [-0.39, 0.29) is 0 Å². The maximum atomic E-state index is 3.51. The Hall–Kier alpha value is -0.860. The molecule has 116 valence electrons. The quantitative estimate of drug-likeness (QED) is 0.908. The fourth-order valence-electron chi connectivity index (χ4n) is 4.25. The summed E-state index contributed by atoms with van der Waals surface area (Å²) in [4.78, 5) is 2.76. The van der Waals surface area contributed by atoms with Gasteiger partial charge in [0.1, 0.15) is 0 Å². The van der Waals surface area contributed by atoms with E-state index in [4.69, 9.17) is 0 Å². The third kappa shape index (κ3) is 3.32. The molecule has 1 saturated carbocycles. The van der Waals surface area contributed by atoms with Gasteiger partial charge in [-0.1, -0.05) is 37.5 Å². The van der Waals surface area contributed by atoms with Crippen LogP contribution in [0.3, 0.4) is 0 Å². The van der Waals surface area contributed by atoms with Crippen molar-refractivity contribution in [1.82, 2.24) is 10.2 Å². The van der Waals surface area contributed by atoms with Crippen molar-refractivity contribution in [2.24, 2.45) is 5.92 Å². The van der Waals surface area contributed by atoms with E-state index in [1.54, 1.807) is 5.56 Å². The second-order valence-corrected chi connectivity index (χ2v) is 6.92. The molecule has 1 N–H and O–H groups in total. The van der Waals surface area contributed by atoms with Gasteiger partial charge in [0.25, 0.3) is 0 Å². The van der Waals surface area contributed by atoms with Crippen LogP contribution in [0.15, 0.2) is 18.2 Å². The topological polar surface area (TPSA) is 15.3 Å². The van der Waals surface area contributed by atoms with Gasteiger partial charge in [-0.25, -0.2) is 0 Å². The van der Waals surface area contributed by atoms with Crippen molar-refractivity contribution in [3.05, 3.63) is 34.9 Å². The van der Waals surface area contributed by atoms with Crippen LogP contribution in [0.2, 0.25) is 0 Å². The molecule has 21 heavy (non-hydrogen) atoms. The van der Waals surface area contributed by atoms with Crippen molar-refractivity contribution in [2.75, 3.05) is 26.2 Å². The first kappa shape index (κ1) is 15.1. The van der Waals surface area contributed by atoms with Gasteiger partial charge in [0, 0.05) is 32.2 Å². The molecule has 2 aliphatic rings. The summed E-state index contributed by atoms with van der Waals surface area (Å²) in [6.07, 6.45) is 7.14. The SMILES string of the molecule is Cc1cccc([C@H](C2CCCCC2)N2CCNCC2)c1C. The zero-order chi connectivity index (χ0) is 14.7. The van der Waals surface area contributed by atoms with Gasteiger partial charge >= 0.3 is 0 Å². The lowest BCUT2D eigenvalue weighted by Crippen LogP contribution is -2.47. The number of nitrogens with zero attached hydrogens (tertiary/aromatic N) is 1. The Kier molecular flexibility index (Phi) is 4.97. The van der Waals surface area contributed by atoms with Gasteiger partial charge in [-0.15, -0.1) is 0 Å². The van der Waals surface area contributed by atoms with Crippen molar-refractivity contribution in [1.29, 1.82) is 0 Å². The van der Waals surface area contributed by atoms with Gasteiger partial charge in [0.2, 0.25) is 0 Å². The summed E-state index contributed by atoms with van der Waals surface area (Å²) in [5.41, 5.74) is 4.57. The van der Waals surface area contributed by atoms with Crippen LogP contribution in [0.1, 0.15) is 54.8 Å². The Bertz CT molecular complexity index is 439. The summed E-state index contributed by atoms with van der Waals surface area (Å²) in [5, 5.41) is 3.51. The van der Waals surface area contributed by atoms with E-state index in [1.165, 1.54) is 56.3 Å². The second kappa shape index (κ2) is 6.93. The van der Waals surface area contributed by atoms with Crippen LogP contribution < -0.4 is 5.32 Å². The van der Waals surface area contributed by atoms with Crippen molar-refractivity contribution in [3.63, 3.8) is 0 Å². The fraction of sp³-hybridized carbons (Fsp3) is 0.684. The number of rotatable bonds is 3. The minimum atomic E-state index is 0.646. The van der Waals surface area contributed by atoms with E-state index in [1.807, 2.05) is 0 Å². The molecule has 0 spiro atoms. The molecular weight excluding hydrogens is 256 g/mol. The Morgan fingerprint density at radius 3 is 2.48 bits per heavy atom. The number of hydrogen-bond donors (Lipinski definition) is 1. The van der Waals surface area contributed by atoms with E-state index in [2.05, 4.69) is 42.3 Å². The predicted octanol–water partition coefficient (Wildman–Crippen LogP) is 3.83. The summed E-state index contributed by atoms with van der Waals surface area (Å²) in [6, 6.07) is 7.56. The fourth-order valence-corrected chi connectivity index (χ4v) is 4.25. The van der Waals surface area contributed by atoms with Crippen LogP contribution in [0.5, 0.6) is 0 Å². The molecule has 1 atom stereocenters. The molecule has 1 aromatic carbocycles. The average Bonchev–Trinajstić information content (AvgIpc) is 2.54. The number of nitrogens with one attached hydrogen (secondary N) is 1. The van der Waals surface area contributed by atoms with E-state index in [0.29, 0.717) is 6.04 Å². The highest BCUT2D eigenvalue weighted by Crippen LogP contribution is 2.40. The smallest absolute Gasteiger partial charge is 0.0380 e. The van der Waals surface area contributed by atoms with Gasteiger partial charge in [-0.2, -0.15) is 0 Å². The second-order valence-electron chi connectivity index (χ2n) is 6.92. The summed E-state index contributed by atoms with van der Waals surface area (Å²) < 4.78 is 0. The lowest BCUT2D eigenvalue weighted by Gasteiger charge is -2.42. The largest absolute Gasteiger partial charge is 0.314 e. The third-order valence-electron chi connectivity index (χ3n) is 5.61. The lowest BCUT2D eigenvalue weighted by atomic mass is 9.78. The van der Waals surface area contributed by atoms with E-state index >= 15 is 0 Å². The Labute approximate surface area is 129 Å². The zero-order valence-electron chi connectivity index (χ0n) is 13.7. The molecule has 0 radical (unpaired) electrons. The van der Waals surface area contributed by atoms with E-state index in [0.717, 1.165) is 19.0 Å².